The number of aliphatic imine (C=N–C) groups is 1. The third kappa shape index (κ3) is 3.63. The third-order valence-corrected chi connectivity index (χ3v) is 5.14. The maximum Gasteiger partial charge on any atom is 0.414 e. The van der Waals surface area contributed by atoms with E-state index in [0.717, 1.165) is 11.3 Å². The van der Waals surface area contributed by atoms with Crippen LogP contribution in [-0.2, 0) is 9.53 Å². The van der Waals surface area contributed by atoms with Gasteiger partial charge in [-0.25, -0.2) is 4.79 Å². The summed E-state index contributed by atoms with van der Waals surface area (Å²) >= 11 is 0. The van der Waals surface area contributed by atoms with Crippen molar-refractivity contribution < 1.29 is 14.3 Å². The maximum absolute atomic E-state index is 12.7. The zero-order chi connectivity index (χ0) is 19.9. The second-order valence-corrected chi connectivity index (χ2v) is 7.70. The van der Waals surface area contributed by atoms with Crippen LogP contribution in [0.4, 0.5) is 16.2 Å². The molecule has 0 bridgehead atoms. The molecule has 3 atom stereocenters. The van der Waals surface area contributed by atoms with E-state index >= 15 is 0 Å². The van der Waals surface area contributed by atoms with Gasteiger partial charge in [-0.2, -0.15) is 0 Å². The molecule has 3 rings (SSSR count). The van der Waals surface area contributed by atoms with Crippen molar-refractivity contribution in [2.75, 3.05) is 16.3 Å². The molecule has 0 saturated heterocycles. The number of benzene rings is 1. The molecule has 1 aromatic rings. The van der Waals surface area contributed by atoms with Crippen LogP contribution >= 0.6 is 0 Å². The van der Waals surface area contributed by atoms with Gasteiger partial charge in [-0.05, 0) is 45.4 Å². The Bertz CT molecular complexity index is 789. The van der Waals surface area contributed by atoms with Gasteiger partial charge in [0.15, 0.2) is 0 Å². The first kappa shape index (κ1) is 19.2. The first-order chi connectivity index (χ1) is 12.7. The number of ether oxygens (including phenoxy) is 1. The molecule has 3 unspecified atom stereocenters. The SMILES string of the molecule is CC(=O)N1c2ccc(C3CC(N)=NC3C)cc2N(C(=O)OC(C)C)CC1C. The Hall–Kier alpha value is -2.57. The van der Waals surface area contributed by atoms with Crippen molar-refractivity contribution in [2.24, 2.45) is 10.7 Å². The number of nitrogens with zero attached hydrogens (tertiary/aromatic N) is 3. The van der Waals surface area contributed by atoms with Crippen LogP contribution in [0.1, 0.15) is 52.5 Å². The van der Waals surface area contributed by atoms with E-state index in [1.807, 2.05) is 45.9 Å². The van der Waals surface area contributed by atoms with Gasteiger partial charge in [-0.15, -0.1) is 0 Å². The molecule has 146 valence electrons. The van der Waals surface area contributed by atoms with E-state index in [0.29, 0.717) is 24.5 Å². The molecule has 7 heteroatoms. The average molecular weight is 372 g/mol. The normalized spacial score (nSPS) is 24.7. The molecule has 2 heterocycles. The minimum Gasteiger partial charge on any atom is -0.446 e. The van der Waals surface area contributed by atoms with Gasteiger partial charge in [0, 0.05) is 25.8 Å². The monoisotopic (exact) mass is 372 g/mol. The molecule has 27 heavy (non-hydrogen) atoms. The fraction of sp³-hybridized carbons (Fsp3) is 0.550. The van der Waals surface area contributed by atoms with Crippen molar-refractivity contribution in [3.05, 3.63) is 23.8 Å². The van der Waals surface area contributed by atoms with E-state index in [4.69, 9.17) is 10.5 Å². The van der Waals surface area contributed by atoms with Crippen molar-refractivity contribution in [3.63, 3.8) is 0 Å². The summed E-state index contributed by atoms with van der Waals surface area (Å²) in [6.45, 7) is 9.56. The number of hydrogen-bond donors (Lipinski definition) is 1. The highest BCUT2D eigenvalue weighted by molar-refractivity contribution is 6.02. The minimum atomic E-state index is -0.395. The van der Waals surface area contributed by atoms with Gasteiger partial charge in [-0.1, -0.05) is 6.07 Å². The molecular formula is C20H28N4O3. The third-order valence-electron chi connectivity index (χ3n) is 5.14. The molecule has 0 aromatic heterocycles. The lowest BCUT2D eigenvalue weighted by Crippen LogP contribution is -2.51. The molecular weight excluding hydrogens is 344 g/mol. The van der Waals surface area contributed by atoms with E-state index in [2.05, 4.69) is 4.99 Å². The fourth-order valence-corrected chi connectivity index (χ4v) is 3.99. The largest absolute Gasteiger partial charge is 0.446 e. The Labute approximate surface area is 160 Å². The summed E-state index contributed by atoms with van der Waals surface area (Å²) in [6, 6.07) is 5.86. The van der Waals surface area contributed by atoms with E-state index in [1.54, 1.807) is 16.7 Å². The van der Waals surface area contributed by atoms with Crippen LogP contribution in [0, 0.1) is 0 Å². The molecule has 0 aliphatic carbocycles. The van der Waals surface area contributed by atoms with Crippen molar-refractivity contribution in [1.29, 1.82) is 0 Å². The Morgan fingerprint density at radius 2 is 1.96 bits per heavy atom. The molecule has 7 nitrogen and oxygen atoms in total. The Morgan fingerprint density at radius 1 is 1.26 bits per heavy atom. The van der Waals surface area contributed by atoms with Crippen molar-refractivity contribution in [1.82, 2.24) is 0 Å². The van der Waals surface area contributed by atoms with Crippen LogP contribution in [0.2, 0.25) is 0 Å². The van der Waals surface area contributed by atoms with Gasteiger partial charge in [0.25, 0.3) is 0 Å². The van der Waals surface area contributed by atoms with Gasteiger partial charge in [0.2, 0.25) is 5.91 Å². The summed E-state index contributed by atoms with van der Waals surface area (Å²) < 4.78 is 5.44. The van der Waals surface area contributed by atoms with E-state index in [1.165, 1.54) is 0 Å². The van der Waals surface area contributed by atoms with Crippen LogP contribution in [0.3, 0.4) is 0 Å². The summed E-state index contributed by atoms with van der Waals surface area (Å²) in [5.41, 5.74) is 8.40. The number of hydrogen-bond acceptors (Lipinski definition) is 5. The van der Waals surface area contributed by atoms with Gasteiger partial charge < -0.3 is 15.4 Å². The fourth-order valence-electron chi connectivity index (χ4n) is 3.99. The predicted molar refractivity (Wildman–Crippen MR) is 106 cm³/mol. The molecule has 0 radical (unpaired) electrons. The van der Waals surface area contributed by atoms with Gasteiger partial charge in [-0.3, -0.25) is 14.7 Å². The molecule has 2 aliphatic rings. The number of fused-ring (bicyclic) bond motifs is 1. The highest BCUT2D eigenvalue weighted by Gasteiger charge is 2.36. The molecule has 2 aliphatic heterocycles. The second-order valence-electron chi connectivity index (χ2n) is 7.70. The number of carbonyl (C=O) groups excluding carboxylic acids is 2. The van der Waals surface area contributed by atoms with Crippen LogP contribution in [0.25, 0.3) is 0 Å². The Morgan fingerprint density at radius 3 is 2.52 bits per heavy atom. The number of anilines is 2. The number of amides is 2. The van der Waals surface area contributed by atoms with Gasteiger partial charge in [0.05, 0.1) is 35.4 Å². The summed E-state index contributed by atoms with van der Waals surface area (Å²) in [5, 5.41) is 0. The predicted octanol–water partition coefficient (Wildman–Crippen LogP) is 3.03. The maximum atomic E-state index is 12.7. The van der Waals surface area contributed by atoms with Crippen LogP contribution in [-0.4, -0.2) is 42.6 Å². The summed E-state index contributed by atoms with van der Waals surface area (Å²) in [4.78, 5) is 32.7. The zero-order valence-electron chi connectivity index (χ0n) is 16.6. The first-order valence-electron chi connectivity index (χ1n) is 9.43. The molecule has 0 spiro atoms. The van der Waals surface area contributed by atoms with Crippen molar-refractivity contribution in [3.8, 4) is 0 Å². The smallest absolute Gasteiger partial charge is 0.414 e. The van der Waals surface area contributed by atoms with E-state index in [9.17, 15) is 9.59 Å². The molecule has 1 aromatic carbocycles. The highest BCUT2D eigenvalue weighted by atomic mass is 16.6. The Balaban J connectivity index is 2.04. The van der Waals surface area contributed by atoms with Crippen molar-refractivity contribution in [2.45, 2.75) is 65.1 Å². The summed E-state index contributed by atoms with van der Waals surface area (Å²) in [6.07, 6.45) is 0.0884. The van der Waals surface area contributed by atoms with Gasteiger partial charge >= 0.3 is 6.09 Å². The molecule has 0 saturated carbocycles. The topological polar surface area (TPSA) is 88.2 Å². The molecule has 2 N–H and O–H groups in total. The zero-order valence-corrected chi connectivity index (χ0v) is 16.6. The first-order valence-corrected chi connectivity index (χ1v) is 9.43. The van der Waals surface area contributed by atoms with E-state index in [-0.39, 0.29) is 30.0 Å². The minimum absolute atomic E-state index is 0.0461. The second kappa shape index (κ2) is 7.21. The summed E-state index contributed by atoms with van der Waals surface area (Å²) in [7, 11) is 0. The molecule has 2 amide bonds. The lowest BCUT2D eigenvalue weighted by atomic mass is 9.90. The van der Waals surface area contributed by atoms with Crippen molar-refractivity contribution >= 4 is 29.2 Å². The quantitative estimate of drug-likeness (QED) is 0.864. The standard InChI is InChI=1S/C20H28N4O3/c1-11(2)27-20(26)23-10-12(3)24(14(5)25)17-7-6-15(8-18(17)23)16-9-19(21)22-13(16)4/h6-8,11-13,16H,9-10H2,1-5H3,(H2,21,22). The lowest BCUT2D eigenvalue weighted by Gasteiger charge is -2.40. The average Bonchev–Trinajstić information content (AvgIpc) is 2.91. The lowest BCUT2D eigenvalue weighted by molar-refractivity contribution is -0.117. The van der Waals surface area contributed by atoms with Crippen LogP contribution in [0.5, 0.6) is 0 Å². The number of carbonyl (C=O) groups is 2. The number of nitrogens with two attached hydrogens (primary N) is 1. The number of rotatable bonds is 2. The molecule has 0 fully saturated rings. The van der Waals surface area contributed by atoms with E-state index < -0.39 is 6.09 Å². The van der Waals surface area contributed by atoms with Crippen LogP contribution in [0.15, 0.2) is 23.2 Å². The van der Waals surface area contributed by atoms with Crippen LogP contribution < -0.4 is 15.5 Å². The Kier molecular flexibility index (Phi) is 5.13. The highest BCUT2D eigenvalue weighted by Crippen LogP contribution is 2.40. The van der Waals surface area contributed by atoms with Gasteiger partial charge in [0.1, 0.15) is 0 Å². The summed E-state index contributed by atoms with van der Waals surface area (Å²) in [5.74, 6) is 0.777. The number of amidine groups is 1.